The monoisotopic (exact) mass is 524 g/mol. The van der Waals surface area contributed by atoms with Crippen LogP contribution in [0.5, 0.6) is 0 Å². The van der Waals surface area contributed by atoms with Gasteiger partial charge in [0.2, 0.25) is 0 Å². The van der Waals surface area contributed by atoms with Gasteiger partial charge in [0, 0.05) is 4.70 Å². The molecule has 25 heavy (non-hydrogen) atoms. The largest absolute Gasteiger partial charge is 4.00 e. The summed E-state index contributed by atoms with van der Waals surface area (Å²) in [6.45, 7) is 0. The molecule has 3 aromatic carbocycles. The van der Waals surface area contributed by atoms with E-state index in [-0.39, 0.29) is 51.0 Å². The molecule has 124 valence electrons. The molecule has 0 nitrogen and oxygen atoms in total. The maximum Gasteiger partial charge on any atom is 4.00 e. The number of halogens is 3. The third kappa shape index (κ3) is 4.70. The van der Waals surface area contributed by atoms with Gasteiger partial charge in [-0.1, -0.05) is 38.6 Å². The van der Waals surface area contributed by atoms with Gasteiger partial charge in [-0.15, -0.1) is 22.5 Å². The summed E-state index contributed by atoms with van der Waals surface area (Å²) in [6.07, 6.45) is 1.02. The van der Waals surface area contributed by atoms with Crippen LogP contribution >= 0.6 is 27.3 Å². The molecule has 0 saturated carbocycles. The predicted molar refractivity (Wildman–Crippen MR) is 98.6 cm³/mol. The fourth-order valence-electron chi connectivity index (χ4n) is 2.85. The summed E-state index contributed by atoms with van der Waals surface area (Å²) in [5.41, 5.74) is 4.17. The average molecular weight is 527 g/mol. The molecule has 1 heterocycles. The van der Waals surface area contributed by atoms with Crippen LogP contribution in [0.4, 0.5) is 0 Å². The van der Waals surface area contributed by atoms with Gasteiger partial charge in [0.15, 0.2) is 0 Å². The van der Waals surface area contributed by atoms with Crippen LogP contribution in [0.2, 0.25) is 0 Å². The molecule has 0 saturated heterocycles. The first kappa shape index (κ1) is 22.7. The minimum Gasteiger partial charge on any atom is -1.00 e. The van der Waals surface area contributed by atoms with Crippen molar-refractivity contribution < 1.29 is 51.0 Å². The molecule has 5 heteroatoms. The minimum absolute atomic E-state index is 0. The maximum atomic E-state index is 3.50. The first-order chi connectivity index (χ1) is 10.8. The molecule has 0 N–H and O–H groups in total. The fourth-order valence-corrected chi connectivity index (χ4v) is 4.50. The second-order valence-corrected chi connectivity index (χ2v) is 7.15. The number of hydrogen-bond acceptors (Lipinski definition) is 1. The second-order valence-electron chi connectivity index (χ2n) is 5.24. The first-order valence-electron chi connectivity index (χ1n) is 7.21. The van der Waals surface area contributed by atoms with Crippen LogP contribution in [0.3, 0.4) is 0 Å². The summed E-state index contributed by atoms with van der Waals surface area (Å²) >= 11 is 5.40. The smallest absolute Gasteiger partial charge is 1.00 e. The molecule has 1 aliphatic rings. The van der Waals surface area contributed by atoms with E-state index >= 15 is 0 Å². The van der Waals surface area contributed by atoms with E-state index in [9.17, 15) is 0 Å². The van der Waals surface area contributed by atoms with Gasteiger partial charge in [-0.05, 0) is 28.3 Å². The summed E-state index contributed by atoms with van der Waals surface area (Å²) in [7, 11) is 0. The Kier molecular flexibility index (Phi) is 9.22. The van der Waals surface area contributed by atoms with E-state index in [1.807, 2.05) is 41.7 Å². The van der Waals surface area contributed by atoms with Crippen LogP contribution in [0.1, 0.15) is 11.1 Å². The molecule has 0 fully saturated rings. The summed E-state index contributed by atoms with van der Waals surface area (Å²) in [4.78, 5) is 1.44. The summed E-state index contributed by atoms with van der Waals surface area (Å²) < 4.78 is 2.45. The first-order valence-corrected chi connectivity index (χ1v) is 8.82. The molecule has 4 aromatic rings. The van der Waals surface area contributed by atoms with Crippen LogP contribution in [-0.2, 0) is 32.6 Å². The number of hydrogen-bond donors (Lipinski definition) is 0. The van der Waals surface area contributed by atoms with E-state index in [2.05, 4.69) is 58.4 Å². The topological polar surface area (TPSA) is 0 Å². The van der Waals surface area contributed by atoms with Crippen molar-refractivity contribution in [2.24, 2.45) is 0 Å². The Balaban J connectivity index is 0.000000344. The zero-order chi connectivity index (χ0) is 14.9. The zero-order valence-corrected chi connectivity index (χ0v) is 19.5. The third-order valence-corrected chi connectivity index (χ3v) is 5.55. The van der Waals surface area contributed by atoms with Crippen molar-refractivity contribution >= 4 is 37.4 Å². The van der Waals surface area contributed by atoms with E-state index in [1.165, 1.54) is 31.7 Å². The fraction of sp³-hybridized carbons (Fsp3) is 0.0500. The van der Waals surface area contributed by atoms with Gasteiger partial charge in [-0.2, -0.15) is 36.4 Å². The van der Waals surface area contributed by atoms with Gasteiger partial charge in [0.05, 0.1) is 0 Å². The standard InChI is InChI=1S/C15H8BrS.C5H5.2ClH.Zr/c16-10-5-6-11-9(7-10)8-13-12-3-1-2-4-14(12)17-15(11)13;1-2-4-5-3-1;;;/h1-6H,8H2;1-5H;2*1H;/q2*-1;;;+4/p-2. The van der Waals surface area contributed by atoms with E-state index in [4.69, 9.17) is 0 Å². The van der Waals surface area contributed by atoms with Crippen LogP contribution in [0.15, 0.2) is 71.2 Å². The van der Waals surface area contributed by atoms with E-state index in [1.54, 1.807) is 0 Å². The number of fused-ring (bicyclic) bond motifs is 5. The van der Waals surface area contributed by atoms with E-state index in [0.717, 1.165) is 10.9 Å². The maximum absolute atomic E-state index is 3.50. The van der Waals surface area contributed by atoms with Gasteiger partial charge in [-0.3, -0.25) is 0 Å². The van der Waals surface area contributed by atoms with Crippen LogP contribution in [0.25, 0.3) is 20.5 Å². The Labute approximate surface area is 192 Å². The van der Waals surface area contributed by atoms with Crippen molar-refractivity contribution in [3.05, 3.63) is 88.4 Å². The quantitative estimate of drug-likeness (QED) is 0.257. The minimum atomic E-state index is 0. The summed E-state index contributed by atoms with van der Waals surface area (Å²) in [5, 5.41) is 1.41. The molecule has 0 radical (unpaired) electrons. The number of thiophene rings is 1. The number of benzene rings is 2. The molecular formula is C20H13BrCl2SZr. The molecule has 0 spiro atoms. The van der Waals surface area contributed by atoms with Crippen molar-refractivity contribution in [3.8, 4) is 10.4 Å². The van der Waals surface area contributed by atoms with Crippen LogP contribution < -0.4 is 24.8 Å². The molecular weight excluding hydrogens is 514 g/mol. The Hall–Kier alpha value is -0.307. The Morgan fingerprint density at radius 2 is 1.68 bits per heavy atom. The third-order valence-electron chi connectivity index (χ3n) is 3.84. The average Bonchev–Trinajstić information content (AvgIpc) is 3.24. The van der Waals surface area contributed by atoms with Gasteiger partial charge in [0.25, 0.3) is 0 Å². The summed E-state index contributed by atoms with van der Waals surface area (Å²) in [6, 6.07) is 26.4. The van der Waals surface area contributed by atoms with Crippen molar-refractivity contribution in [1.82, 2.24) is 0 Å². The Morgan fingerprint density at radius 3 is 2.36 bits per heavy atom. The van der Waals surface area contributed by atoms with Crippen molar-refractivity contribution in [2.45, 2.75) is 6.42 Å². The SMILES string of the molecule is Brc1[c-]c2c(cc1)-c1sc3ccccc3c1C2.[Cl-].[Cl-].[Zr+4].c1cc[cH-]c1. The van der Waals surface area contributed by atoms with Gasteiger partial charge >= 0.3 is 26.2 Å². The molecule has 1 aliphatic carbocycles. The van der Waals surface area contributed by atoms with Gasteiger partial charge in [-0.25, -0.2) is 12.1 Å². The molecule has 1 aromatic heterocycles. The zero-order valence-electron chi connectivity index (χ0n) is 13.1. The van der Waals surface area contributed by atoms with Crippen LogP contribution in [-0.4, -0.2) is 0 Å². The molecule has 0 amide bonds. The van der Waals surface area contributed by atoms with Crippen LogP contribution in [0, 0.1) is 6.07 Å². The van der Waals surface area contributed by atoms with E-state index in [0.29, 0.717) is 0 Å². The molecule has 0 bridgehead atoms. The van der Waals surface area contributed by atoms with Gasteiger partial charge in [0.1, 0.15) is 0 Å². The van der Waals surface area contributed by atoms with Gasteiger partial charge < -0.3 is 24.8 Å². The number of rotatable bonds is 0. The predicted octanol–water partition coefficient (Wildman–Crippen LogP) is 0.446. The normalized spacial score (nSPS) is 10.3. The Morgan fingerprint density at radius 1 is 0.960 bits per heavy atom. The second kappa shape index (κ2) is 10.1. The molecule has 0 aliphatic heterocycles. The summed E-state index contributed by atoms with van der Waals surface area (Å²) in [5.74, 6) is 0. The molecule has 5 rings (SSSR count). The Bertz CT molecular complexity index is 915. The van der Waals surface area contributed by atoms with E-state index < -0.39 is 0 Å². The van der Waals surface area contributed by atoms with Crippen molar-refractivity contribution in [1.29, 1.82) is 0 Å². The molecule has 0 unspecified atom stereocenters. The van der Waals surface area contributed by atoms with Crippen molar-refractivity contribution in [2.75, 3.05) is 0 Å². The molecule has 0 atom stereocenters. The van der Waals surface area contributed by atoms with Crippen molar-refractivity contribution in [3.63, 3.8) is 0 Å².